The van der Waals surface area contributed by atoms with Gasteiger partial charge in [0.2, 0.25) is 0 Å². The zero-order valence-corrected chi connectivity index (χ0v) is 9.48. The lowest BCUT2D eigenvalue weighted by Crippen LogP contribution is -2.09. The molecule has 0 bridgehead atoms. The standard InChI is InChI=1S/C10H13BrN2/c1-13(2)10-5-7-3-4-12-9(7)6-8(10)11/h5-6,12H,3-4H2,1-2H3. The van der Waals surface area contributed by atoms with Gasteiger partial charge in [-0.25, -0.2) is 0 Å². The Morgan fingerprint density at radius 1 is 1.38 bits per heavy atom. The van der Waals surface area contributed by atoms with Crippen LogP contribution >= 0.6 is 15.9 Å². The Bertz CT molecular complexity index is 334. The second-order valence-electron chi connectivity index (χ2n) is 3.53. The van der Waals surface area contributed by atoms with Gasteiger partial charge in [0.25, 0.3) is 0 Å². The number of hydrogen-bond donors (Lipinski definition) is 1. The van der Waals surface area contributed by atoms with Crippen molar-refractivity contribution in [2.24, 2.45) is 0 Å². The number of halogens is 1. The third-order valence-corrected chi connectivity index (χ3v) is 3.00. The molecule has 1 heterocycles. The summed E-state index contributed by atoms with van der Waals surface area (Å²) in [7, 11) is 4.13. The highest BCUT2D eigenvalue weighted by atomic mass is 79.9. The van der Waals surface area contributed by atoms with Gasteiger partial charge in [0, 0.05) is 30.8 Å². The third-order valence-electron chi connectivity index (χ3n) is 2.36. The Labute approximate surface area is 87.1 Å². The van der Waals surface area contributed by atoms with Gasteiger partial charge in [0.1, 0.15) is 0 Å². The van der Waals surface area contributed by atoms with E-state index in [2.05, 4.69) is 52.4 Å². The van der Waals surface area contributed by atoms with Gasteiger partial charge in [-0.15, -0.1) is 0 Å². The van der Waals surface area contributed by atoms with E-state index in [1.807, 2.05) is 0 Å². The molecule has 0 radical (unpaired) electrons. The third kappa shape index (κ3) is 1.53. The van der Waals surface area contributed by atoms with Crippen molar-refractivity contribution in [3.05, 3.63) is 22.2 Å². The lowest BCUT2D eigenvalue weighted by Gasteiger charge is -2.16. The molecular formula is C10H13BrN2. The molecule has 0 aromatic heterocycles. The molecule has 1 N–H and O–H groups in total. The highest BCUT2D eigenvalue weighted by Gasteiger charge is 2.13. The molecule has 2 nitrogen and oxygen atoms in total. The summed E-state index contributed by atoms with van der Waals surface area (Å²) in [5, 5.41) is 3.36. The van der Waals surface area contributed by atoms with Gasteiger partial charge < -0.3 is 10.2 Å². The summed E-state index contributed by atoms with van der Waals surface area (Å²) < 4.78 is 1.16. The molecule has 1 aliphatic rings. The fourth-order valence-electron chi connectivity index (χ4n) is 1.65. The van der Waals surface area contributed by atoms with E-state index in [0.717, 1.165) is 17.4 Å². The van der Waals surface area contributed by atoms with Crippen LogP contribution in [0.4, 0.5) is 11.4 Å². The van der Waals surface area contributed by atoms with Crippen LogP contribution in [0.25, 0.3) is 0 Å². The summed E-state index contributed by atoms with van der Waals surface area (Å²) in [5.74, 6) is 0. The van der Waals surface area contributed by atoms with Gasteiger partial charge in [-0.05, 0) is 40.0 Å². The SMILES string of the molecule is CN(C)c1cc2c(cc1Br)NCC2. The number of nitrogens with zero attached hydrogens (tertiary/aromatic N) is 1. The van der Waals surface area contributed by atoms with Crippen LogP contribution in [0.5, 0.6) is 0 Å². The number of rotatable bonds is 1. The van der Waals surface area contributed by atoms with Gasteiger partial charge >= 0.3 is 0 Å². The molecule has 1 aliphatic heterocycles. The average molecular weight is 241 g/mol. The van der Waals surface area contributed by atoms with Crippen LogP contribution in [0.15, 0.2) is 16.6 Å². The zero-order chi connectivity index (χ0) is 9.42. The minimum atomic E-state index is 1.07. The Morgan fingerprint density at radius 2 is 2.15 bits per heavy atom. The first-order valence-electron chi connectivity index (χ1n) is 4.42. The molecule has 0 spiro atoms. The van der Waals surface area contributed by atoms with Crippen molar-refractivity contribution in [2.45, 2.75) is 6.42 Å². The van der Waals surface area contributed by atoms with Crippen LogP contribution < -0.4 is 10.2 Å². The zero-order valence-electron chi connectivity index (χ0n) is 7.89. The molecule has 2 rings (SSSR count). The van der Waals surface area contributed by atoms with E-state index in [-0.39, 0.29) is 0 Å². The summed E-state index contributed by atoms with van der Waals surface area (Å²) in [6.07, 6.45) is 1.14. The van der Waals surface area contributed by atoms with Gasteiger partial charge in [-0.1, -0.05) is 0 Å². The van der Waals surface area contributed by atoms with Crippen molar-refractivity contribution in [1.29, 1.82) is 0 Å². The molecule has 0 fully saturated rings. The van der Waals surface area contributed by atoms with E-state index in [0.29, 0.717) is 0 Å². The first-order chi connectivity index (χ1) is 6.18. The first kappa shape index (κ1) is 8.88. The average Bonchev–Trinajstić information content (AvgIpc) is 2.48. The minimum Gasteiger partial charge on any atom is -0.384 e. The summed E-state index contributed by atoms with van der Waals surface area (Å²) in [5.41, 5.74) is 3.95. The molecule has 0 saturated carbocycles. The smallest absolute Gasteiger partial charge is 0.0509 e. The maximum Gasteiger partial charge on any atom is 0.0509 e. The number of hydrogen-bond acceptors (Lipinski definition) is 2. The molecule has 1 aromatic carbocycles. The molecule has 0 amide bonds. The van der Waals surface area contributed by atoms with Crippen LogP contribution in [-0.2, 0) is 6.42 Å². The molecule has 1 aromatic rings. The van der Waals surface area contributed by atoms with Crippen molar-refractivity contribution in [2.75, 3.05) is 30.9 Å². The van der Waals surface area contributed by atoms with Crippen molar-refractivity contribution in [1.82, 2.24) is 0 Å². The molecular weight excluding hydrogens is 228 g/mol. The maximum absolute atomic E-state index is 3.57. The number of nitrogens with one attached hydrogen (secondary N) is 1. The van der Waals surface area contributed by atoms with E-state index in [4.69, 9.17) is 0 Å². The Balaban J connectivity index is 2.49. The summed E-state index contributed by atoms with van der Waals surface area (Å²) in [6.45, 7) is 1.07. The van der Waals surface area contributed by atoms with E-state index in [9.17, 15) is 0 Å². The fourth-order valence-corrected chi connectivity index (χ4v) is 2.35. The topological polar surface area (TPSA) is 15.3 Å². The maximum atomic E-state index is 3.57. The fraction of sp³-hybridized carbons (Fsp3) is 0.400. The van der Waals surface area contributed by atoms with E-state index >= 15 is 0 Å². The van der Waals surface area contributed by atoms with E-state index < -0.39 is 0 Å². The summed E-state index contributed by atoms with van der Waals surface area (Å²) in [4.78, 5) is 2.13. The summed E-state index contributed by atoms with van der Waals surface area (Å²) >= 11 is 3.57. The molecule has 70 valence electrons. The number of fused-ring (bicyclic) bond motifs is 1. The van der Waals surface area contributed by atoms with Crippen LogP contribution in [0.3, 0.4) is 0 Å². The van der Waals surface area contributed by atoms with Gasteiger partial charge in [-0.2, -0.15) is 0 Å². The molecule has 0 saturated heterocycles. The van der Waals surface area contributed by atoms with Crippen molar-refractivity contribution in [3.8, 4) is 0 Å². The second kappa shape index (κ2) is 3.22. The van der Waals surface area contributed by atoms with Crippen molar-refractivity contribution >= 4 is 27.3 Å². The number of benzene rings is 1. The minimum absolute atomic E-state index is 1.07. The van der Waals surface area contributed by atoms with Crippen molar-refractivity contribution in [3.63, 3.8) is 0 Å². The van der Waals surface area contributed by atoms with Crippen LogP contribution in [0, 0.1) is 0 Å². The van der Waals surface area contributed by atoms with Gasteiger partial charge in [0.15, 0.2) is 0 Å². The highest BCUT2D eigenvalue weighted by molar-refractivity contribution is 9.10. The largest absolute Gasteiger partial charge is 0.384 e. The van der Waals surface area contributed by atoms with Gasteiger partial charge in [0.05, 0.1) is 5.69 Å². The number of anilines is 2. The predicted molar refractivity (Wildman–Crippen MR) is 60.7 cm³/mol. The molecule has 0 atom stereocenters. The molecule has 0 aliphatic carbocycles. The monoisotopic (exact) mass is 240 g/mol. The Kier molecular flexibility index (Phi) is 2.20. The van der Waals surface area contributed by atoms with Crippen LogP contribution in [0.1, 0.15) is 5.56 Å². The normalized spacial score (nSPS) is 13.8. The lowest BCUT2D eigenvalue weighted by molar-refractivity contribution is 1.09. The lowest BCUT2D eigenvalue weighted by atomic mass is 10.1. The van der Waals surface area contributed by atoms with Crippen LogP contribution in [-0.4, -0.2) is 20.6 Å². The molecule has 3 heteroatoms. The van der Waals surface area contributed by atoms with Crippen LogP contribution in [0.2, 0.25) is 0 Å². The molecule has 13 heavy (non-hydrogen) atoms. The molecule has 0 unspecified atom stereocenters. The second-order valence-corrected chi connectivity index (χ2v) is 4.39. The summed E-state index contributed by atoms with van der Waals surface area (Å²) in [6, 6.07) is 4.41. The van der Waals surface area contributed by atoms with Gasteiger partial charge in [-0.3, -0.25) is 0 Å². The Hall–Kier alpha value is -0.700. The Morgan fingerprint density at radius 3 is 2.85 bits per heavy atom. The first-order valence-corrected chi connectivity index (χ1v) is 5.21. The van der Waals surface area contributed by atoms with Crippen molar-refractivity contribution < 1.29 is 0 Å². The highest BCUT2D eigenvalue weighted by Crippen LogP contribution is 2.33. The quantitative estimate of drug-likeness (QED) is 0.812. The van der Waals surface area contributed by atoms with E-state index in [1.54, 1.807) is 0 Å². The van der Waals surface area contributed by atoms with E-state index in [1.165, 1.54) is 16.9 Å². The predicted octanol–water partition coefficient (Wildman–Crippen LogP) is 2.48.